The van der Waals surface area contributed by atoms with E-state index in [4.69, 9.17) is 0 Å². The minimum absolute atomic E-state index is 0.230. The SMILES string of the molecule is O=C(N[C@H]1CCN(CCc2ccccc2)C1)N1C2CC3CC(C2)CC1C3. The highest BCUT2D eigenvalue weighted by atomic mass is 16.2. The number of carbonyl (C=O) groups excluding carboxylic acids is 1. The minimum atomic E-state index is 0.230. The lowest BCUT2D eigenvalue weighted by molar-refractivity contribution is -0.0318. The molecule has 3 aliphatic heterocycles. The van der Waals surface area contributed by atoms with E-state index in [0.717, 1.165) is 44.3 Å². The molecule has 4 nitrogen and oxygen atoms in total. The third-order valence-corrected chi connectivity index (χ3v) is 7.27. The summed E-state index contributed by atoms with van der Waals surface area (Å²) in [6, 6.07) is 12.3. The molecular weight excluding hydrogens is 322 g/mol. The van der Waals surface area contributed by atoms with E-state index < -0.39 is 0 Å². The normalized spacial score (nSPS) is 35.8. The summed E-state index contributed by atoms with van der Waals surface area (Å²) in [5, 5.41) is 3.38. The molecule has 5 fully saturated rings. The molecule has 1 atom stereocenters. The molecule has 2 saturated carbocycles. The third-order valence-electron chi connectivity index (χ3n) is 7.27. The van der Waals surface area contributed by atoms with Crippen molar-refractivity contribution in [1.29, 1.82) is 0 Å². The van der Waals surface area contributed by atoms with Gasteiger partial charge in [0.05, 0.1) is 0 Å². The predicted octanol–water partition coefficient (Wildman–Crippen LogP) is 3.28. The van der Waals surface area contributed by atoms with Crippen LogP contribution in [0.2, 0.25) is 0 Å². The van der Waals surface area contributed by atoms with Gasteiger partial charge < -0.3 is 15.1 Å². The highest BCUT2D eigenvalue weighted by molar-refractivity contribution is 5.75. The predicted molar refractivity (Wildman–Crippen MR) is 103 cm³/mol. The molecule has 4 bridgehead atoms. The Balaban J connectivity index is 1.12. The number of amides is 2. The summed E-state index contributed by atoms with van der Waals surface area (Å²) in [6.07, 6.45) is 8.65. The van der Waals surface area contributed by atoms with Crippen molar-refractivity contribution in [3.63, 3.8) is 0 Å². The number of urea groups is 1. The van der Waals surface area contributed by atoms with Gasteiger partial charge in [0, 0.05) is 37.8 Å². The van der Waals surface area contributed by atoms with Gasteiger partial charge in [0.2, 0.25) is 0 Å². The molecule has 0 unspecified atom stereocenters. The number of rotatable bonds is 4. The van der Waals surface area contributed by atoms with Crippen molar-refractivity contribution in [3.8, 4) is 0 Å². The van der Waals surface area contributed by atoms with Crippen molar-refractivity contribution in [1.82, 2.24) is 15.1 Å². The number of benzene rings is 1. The van der Waals surface area contributed by atoms with Gasteiger partial charge in [-0.15, -0.1) is 0 Å². The van der Waals surface area contributed by atoms with Gasteiger partial charge in [-0.05, 0) is 62.3 Å². The maximum atomic E-state index is 13.0. The first-order valence-electron chi connectivity index (χ1n) is 10.6. The lowest BCUT2D eigenvalue weighted by Gasteiger charge is -2.56. The van der Waals surface area contributed by atoms with E-state index in [1.165, 1.54) is 37.7 Å². The topological polar surface area (TPSA) is 35.6 Å². The van der Waals surface area contributed by atoms with Gasteiger partial charge in [-0.2, -0.15) is 0 Å². The number of nitrogens with zero attached hydrogens (tertiary/aromatic N) is 2. The van der Waals surface area contributed by atoms with Gasteiger partial charge in [0.25, 0.3) is 0 Å². The molecule has 3 saturated heterocycles. The fourth-order valence-electron chi connectivity index (χ4n) is 6.20. The molecule has 2 amide bonds. The van der Waals surface area contributed by atoms with E-state index >= 15 is 0 Å². The van der Waals surface area contributed by atoms with E-state index in [0.29, 0.717) is 18.1 Å². The van der Waals surface area contributed by atoms with Crippen LogP contribution in [0.4, 0.5) is 4.79 Å². The largest absolute Gasteiger partial charge is 0.334 e. The maximum Gasteiger partial charge on any atom is 0.318 e. The lowest BCUT2D eigenvalue weighted by atomic mass is 9.64. The van der Waals surface area contributed by atoms with E-state index in [1.54, 1.807) is 0 Å². The number of carbonyl (C=O) groups is 1. The number of hydrogen-bond donors (Lipinski definition) is 1. The van der Waals surface area contributed by atoms with Crippen LogP contribution in [0.25, 0.3) is 0 Å². The summed E-state index contributed by atoms with van der Waals surface area (Å²) >= 11 is 0. The molecule has 1 N–H and O–H groups in total. The third kappa shape index (κ3) is 3.24. The monoisotopic (exact) mass is 353 g/mol. The summed E-state index contributed by atoms with van der Waals surface area (Å²) in [4.78, 5) is 17.7. The number of likely N-dealkylation sites (tertiary alicyclic amines) is 1. The van der Waals surface area contributed by atoms with Crippen molar-refractivity contribution in [2.45, 2.75) is 63.1 Å². The summed E-state index contributed by atoms with van der Waals surface area (Å²) in [6.45, 7) is 3.20. The van der Waals surface area contributed by atoms with Crippen LogP contribution in [0.3, 0.4) is 0 Å². The van der Waals surface area contributed by atoms with Crippen LogP contribution in [0, 0.1) is 11.8 Å². The Morgan fingerprint density at radius 1 is 1.00 bits per heavy atom. The molecular formula is C22H31N3O. The second-order valence-corrected chi connectivity index (χ2v) is 9.10. The number of nitrogens with one attached hydrogen (secondary N) is 1. The van der Waals surface area contributed by atoms with Gasteiger partial charge in [-0.1, -0.05) is 30.3 Å². The Morgan fingerprint density at radius 2 is 1.69 bits per heavy atom. The van der Waals surface area contributed by atoms with Crippen LogP contribution in [-0.4, -0.2) is 53.6 Å². The first kappa shape index (κ1) is 16.6. The van der Waals surface area contributed by atoms with Gasteiger partial charge in [-0.25, -0.2) is 4.79 Å². The second kappa shape index (κ2) is 6.88. The van der Waals surface area contributed by atoms with Crippen molar-refractivity contribution >= 4 is 6.03 Å². The molecule has 0 radical (unpaired) electrons. The van der Waals surface area contributed by atoms with Crippen LogP contribution >= 0.6 is 0 Å². The van der Waals surface area contributed by atoms with Crippen molar-refractivity contribution < 1.29 is 4.79 Å². The van der Waals surface area contributed by atoms with Crippen LogP contribution < -0.4 is 5.32 Å². The summed E-state index contributed by atoms with van der Waals surface area (Å²) in [5.41, 5.74) is 1.40. The number of piperidine rings is 2. The average molecular weight is 354 g/mol. The van der Waals surface area contributed by atoms with Crippen LogP contribution in [0.5, 0.6) is 0 Å². The highest BCUT2D eigenvalue weighted by Crippen LogP contribution is 2.49. The van der Waals surface area contributed by atoms with Crippen molar-refractivity contribution in [2.24, 2.45) is 11.8 Å². The molecule has 3 heterocycles. The molecule has 6 rings (SSSR count). The van der Waals surface area contributed by atoms with Crippen molar-refractivity contribution in [3.05, 3.63) is 35.9 Å². The Morgan fingerprint density at radius 3 is 2.38 bits per heavy atom. The Labute approximate surface area is 156 Å². The van der Waals surface area contributed by atoms with Gasteiger partial charge in [0.1, 0.15) is 0 Å². The first-order valence-corrected chi connectivity index (χ1v) is 10.6. The first-order chi connectivity index (χ1) is 12.7. The van der Waals surface area contributed by atoms with Gasteiger partial charge >= 0.3 is 6.03 Å². The summed E-state index contributed by atoms with van der Waals surface area (Å²) in [5.74, 6) is 1.81. The Hall–Kier alpha value is -1.55. The quantitative estimate of drug-likeness (QED) is 0.902. The average Bonchev–Trinajstić information content (AvgIpc) is 3.07. The molecule has 5 aliphatic rings. The Bertz CT molecular complexity index is 618. The van der Waals surface area contributed by atoms with Gasteiger partial charge in [-0.3, -0.25) is 0 Å². The zero-order valence-corrected chi connectivity index (χ0v) is 15.6. The molecule has 140 valence electrons. The fraction of sp³-hybridized carbons (Fsp3) is 0.682. The van der Waals surface area contributed by atoms with Crippen LogP contribution in [-0.2, 0) is 6.42 Å². The van der Waals surface area contributed by atoms with E-state index in [9.17, 15) is 4.79 Å². The standard InChI is InChI=1S/C22H31N3O/c26-22(25-20-11-17-10-18(13-20)14-21(25)12-17)23-19-7-9-24(15-19)8-6-16-4-2-1-3-5-16/h1-5,17-21H,6-15H2,(H,23,26)/t17?,18?,19-,20?,21?/m0/s1. The summed E-state index contributed by atoms with van der Waals surface area (Å²) in [7, 11) is 0. The molecule has 1 aromatic rings. The zero-order chi connectivity index (χ0) is 17.5. The molecule has 2 aliphatic carbocycles. The highest BCUT2D eigenvalue weighted by Gasteiger charge is 2.48. The minimum Gasteiger partial charge on any atom is -0.334 e. The van der Waals surface area contributed by atoms with Crippen molar-refractivity contribution in [2.75, 3.05) is 19.6 Å². The van der Waals surface area contributed by atoms with E-state index in [2.05, 4.69) is 45.4 Å². The zero-order valence-electron chi connectivity index (χ0n) is 15.6. The molecule has 1 aromatic carbocycles. The van der Waals surface area contributed by atoms with E-state index in [1.807, 2.05) is 0 Å². The lowest BCUT2D eigenvalue weighted by Crippen LogP contribution is -2.62. The summed E-state index contributed by atoms with van der Waals surface area (Å²) < 4.78 is 0. The van der Waals surface area contributed by atoms with Crippen LogP contribution in [0.1, 0.15) is 44.1 Å². The maximum absolute atomic E-state index is 13.0. The molecule has 0 aromatic heterocycles. The molecule has 4 heteroatoms. The van der Waals surface area contributed by atoms with Gasteiger partial charge in [0.15, 0.2) is 0 Å². The Kier molecular flexibility index (Phi) is 4.39. The second-order valence-electron chi connectivity index (χ2n) is 9.10. The fourth-order valence-corrected chi connectivity index (χ4v) is 6.20. The van der Waals surface area contributed by atoms with Crippen LogP contribution in [0.15, 0.2) is 30.3 Å². The number of hydrogen-bond acceptors (Lipinski definition) is 2. The molecule has 0 spiro atoms. The smallest absolute Gasteiger partial charge is 0.318 e. The molecule has 26 heavy (non-hydrogen) atoms. The van der Waals surface area contributed by atoms with E-state index in [-0.39, 0.29) is 6.03 Å².